The molecule has 0 spiro atoms. The molecule has 5 nitrogen and oxygen atoms in total. The topological polar surface area (TPSA) is 73.7 Å². The van der Waals surface area contributed by atoms with Crippen molar-refractivity contribution in [1.29, 1.82) is 0 Å². The number of aliphatic carboxylic acids is 1. The van der Waals surface area contributed by atoms with E-state index in [2.05, 4.69) is 17.6 Å². The summed E-state index contributed by atoms with van der Waals surface area (Å²) >= 11 is 5.94. The van der Waals surface area contributed by atoms with E-state index >= 15 is 0 Å². The molecule has 3 aromatic rings. The minimum Gasteiger partial charge on any atom is -0.481 e. The number of aromatic nitrogens is 1. The molecule has 1 heterocycles. The van der Waals surface area contributed by atoms with Crippen LogP contribution in [0.3, 0.4) is 0 Å². The number of fused-ring (bicyclic) bond motifs is 1. The molecule has 140 valence electrons. The maximum absolute atomic E-state index is 11.3. The lowest BCUT2D eigenvalue weighted by Gasteiger charge is -2.18. The van der Waals surface area contributed by atoms with Crippen LogP contribution in [0.15, 0.2) is 53.6 Å². The Labute approximate surface area is 167 Å². The minimum atomic E-state index is -1.04. The van der Waals surface area contributed by atoms with Crippen molar-refractivity contribution in [3.8, 4) is 0 Å². The molecule has 0 saturated carbocycles. The molecule has 0 radical (unpaired) electrons. The number of thiazole rings is 1. The van der Waals surface area contributed by atoms with Crippen LogP contribution in [0.5, 0.6) is 0 Å². The van der Waals surface area contributed by atoms with E-state index < -0.39 is 18.0 Å². The van der Waals surface area contributed by atoms with Crippen LogP contribution in [0.4, 0.5) is 5.69 Å². The fraction of sp³-hybridized carbons (Fsp3) is 0.200. The van der Waals surface area contributed by atoms with Crippen molar-refractivity contribution in [3.63, 3.8) is 0 Å². The molecule has 2 atom stereocenters. The molecule has 3 rings (SSSR count). The van der Waals surface area contributed by atoms with Crippen molar-refractivity contribution < 1.29 is 15.0 Å². The molecule has 2 unspecified atom stereocenters. The number of aliphatic hydroxyl groups is 1. The van der Waals surface area contributed by atoms with Gasteiger partial charge in [-0.05, 0) is 48.9 Å². The molecule has 0 bridgehead atoms. The van der Waals surface area contributed by atoms with Crippen LogP contribution in [0.25, 0.3) is 16.3 Å². The summed E-state index contributed by atoms with van der Waals surface area (Å²) in [5, 5.41) is 19.9. The zero-order valence-electron chi connectivity index (χ0n) is 14.9. The molecule has 0 aliphatic heterocycles. The standard InChI is InChI=1S/C20H20N2O3S2/c1-12(23)19(20(24)25)13-3-5-14(6-4-13)22(2)10-9-18-21-16-11-15(26)7-8-17(16)27-18/h3-12,19,23,26H,1-2H3,(H,24,25). The number of anilines is 1. The monoisotopic (exact) mass is 400 g/mol. The van der Waals surface area contributed by atoms with Crippen molar-refractivity contribution in [2.75, 3.05) is 11.9 Å². The van der Waals surface area contributed by atoms with E-state index in [1.807, 2.05) is 54.6 Å². The summed E-state index contributed by atoms with van der Waals surface area (Å²) < 4.78 is 1.11. The van der Waals surface area contributed by atoms with E-state index in [1.165, 1.54) is 6.92 Å². The summed E-state index contributed by atoms with van der Waals surface area (Å²) in [6.07, 6.45) is 2.90. The number of carboxylic acids is 1. The van der Waals surface area contributed by atoms with Gasteiger partial charge in [0.2, 0.25) is 0 Å². The van der Waals surface area contributed by atoms with Gasteiger partial charge in [0.05, 0.1) is 16.3 Å². The predicted molar refractivity (Wildman–Crippen MR) is 113 cm³/mol. The predicted octanol–water partition coefficient (Wildman–Crippen LogP) is 4.24. The molecule has 27 heavy (non-hydrogen) atoms. The Morgan fingerprint density at radius 1 is 1.26 bits per heavy atom. The van der Waals surface area contributed by atoms with Crippen LogP contribution in [0.1, 0.15) is 23.4 Å². The number of carboxylic acid groups (broad SMARTS) is 1. The number of hydrogen-bond acceptors (Lipinski definition) is 6. The first-order chi connectivity index (χ1) is 12.8. The normalized spacial score (nSPS) is 13.8. The second-order valence-electron chi connectivity index (χ2n) is 6.28. The molecule has 2 aromatic carbocycles. The molecule has 1 aromatic heterocycles. The van der Waals surface area contributed by atoms with E-state index in [4.69, 9.17) is 0 Å². The van der Waals surface area contributed by atoms with Crippen molar-refractivity contribution in [3.05, 3.63) is 59.2 Å². The maximum Gasteiger partial charge on any atom is 0.313 e. The second-order valence-corrected chi connectivity index (χ2v) is 7.86. The third-order valence-corrected chi connectivity index (χ3v) is 5.52. The lowest BCUT2D eigenvalue weighted by molar-refractivity contribution is -0.141. The summed E-state index contributed by atoms with van der Waals surface area (Å²) in [6.45, 7) is 1.48. The zero-order chi connectivity index (χ0) is 19.6. The van der Waals surface area contributed by atoms with Gasteiger partial charge >= 0.3 is 5.97 Å². The zero-order valence-corrected chi connectivity index (χ0v) is 16.6. The number of hydrogen-bond donors (Lipinski definition) is 3. The number of benzene rings is 2. The highest BCUT2D eigenvalue weighted by Crippen LogP contribution is 2.26. The highest BCUT2D eigenvalue weighted by Gasteiger charge is 2.24. The van der Waals surface area contributed by atoms with Crippen LogP contribution < -0.4 is 4.90 Å². The first-order valence-electron chi connectivity index (χ1n) is 8.36. The number of carbonyl (C=O) groups is 1. The minimum absolute atomic E-state index is 0.576. The lowest BCUT2D eigenvalue weighted by atomic mass is 9.94. The molecule has 0 saturated heterocycles. The van der Waals surface area contributed by atoms with Crippen LogP contribution in [0, 0.1) is 0 Å². The number of thiol groups is 1. The SMILES string of the molecule is CC(O)C(C(=O)O)c1ccc(N(C)C=Cc2nc3cc(S)ccc3s2)cc1. The first kappa shape index (κ1) is 19.4. The van der Waals surface area contributed by atoms with Crippen molar-refractivity contribution in [2.45, 2.75) is 23.8 Å². The average Bonchev–Trinajstić information content (AvgIpc) is 3.01. The van der Waals surface area contributed by atoms with Gasteiger partial charge in [0.15, 0.2) is 0 Å². The van der Waals surface area contributed by atoms with Crippen LogP contribution in [0.2, 0.25) is 0 Å². The quantitative estimate of drug-likeness (QED) is 0.540. The van der Waals surface area contributed by atoms with Gasteiger partial charge < -0.3 is 15.1 Å². The Kier molecular flexibility index (Phi) is 5.84. The highest BCUT2D eigenvalue weighted by atomic mass is 32.1. The third-order valence-electron chi connectivity index (χ3n) is 4.24. The Morgan fingerprint density at radius 3 is 2.59 bits per heavy atom. The van der Waals surface area contributed by atoms with E-state index in [0.29, 0.717) is 5.56 Å². The summed E-state index contributed by atoms with van der Waals surface area (Å²) in [5.74, 6) is -1.97. The molecule has 0 aliphatic rings. The summed E-state index contributed by atoms with van der Waals surface area (Å²) in [6, 6.07) is 13.0. The second kappa shape index (κ2) is 8.12. The molecule has 2 N–H and O–H groups in total. The summed E-state index contributed by atoms with van der Waals surface area (Å²) in [7, 11) is 1.91. The average molecular weight is 401 g/mol. The Hall–Kier alpha value is -2.35. The summed E-state index contributed by atoms with van der Waals surface area (Å²) in [5.41, 5.74) is 2.41. The Balaban J connectivity index is 1.75. The number of rotatable bonds is 6. The molecule has 0 fully saturated rings. The van der Waals surface area contributed by atoms with Crippen LogP contribution in [-0.4, -0.2) is 34.3 Å². The van der Waals surface area contributed by atoms with Crippen molar-refractivity contribution in [2.24, 2.45) is 0 Å². The lowest BCUT2D eigenvalue weighted by Crippen LogP contribution is -2.23. The maximum atomic E-state index is 11.3. The Morgan fingerprint density at radius 2 is 1.96 bits per heavy atom. The molecule has 7 heteroatoms. The molecular weight excluding hydrogens is 380 g/mol. The fourth-order valence-electron chi connectivity index (χ4n) is 2.81. The number of nitrogens with zero attached hydrogens (tertiary/aromatic N) is 2. The van der Waals surface area contributed by atoms with Gasteiger partial charge in [-0.15, -0.1) is 24.0 Å². The first-order valence-corrected chi connectivity index (χ1v) is 9.63. The van der Waals surface area contributed by atoms with Gasteiger partial charge in [-0.25, -0.2) is 4.98 Å². The van der Waals surface area contributed by atoms with Crippen molar-refractivity contribution >= 4 is 51.9 Å². The van der Waals surface area contributed by atoms with E-state index in [1.54, 1.807) is 23.5 Å². The smallest absolute Gasteiger partial charge is 0.313 e. The van der Waals surface area contributed by atoms with Crippen LogP contribution in [-0.2, 0) is 4.79 Å². The molecular formula is C20H20N2O3S2. The Bertz CT molecular complexity index is 981. The van der Waals surface area contributed by atoms with Gasteiger partial charge in [-0.1, -0.05) is 12.1 Å². The van der Waals surface area contributed by atoms with Gasteiger partial charge in [0, 0.05) is 23.8 Å². The van der Waals surface area contributed by atoms with Crippen molar-refractivity contribution in [1.82, 2.24) is 4.98 Å². The van der Waals surface area contributed by atoms with Gasteiger partial charge in [0.1, 0.15) is 10.9 Å². The largest absolute Gasteiger partial charge is 0.481 e. The van der Waals surface area contributed by atoms with Gasteiger partial charge in [0.25, 0.3) is 0 Å². The van der Waals surface area contributed by atoms with Gasteiger partial charge in [-0.3, -0.25) is 4.79 Å². The van der Waals surface area contributed by atoms with E-state index in [-0.39, 0.29) is 0 Å². The molecule has 0 aliphatic carbocycles. The summed E-state index contributed by atoms with van der Waals surface area (Å²) in [4.78, 5) is 18.7. The van der Waals surface area contributed by atoms with E-state index in [9.17, 15) is 15.0 Å². The third kappa shape index (κ3) is 4.50. The fourth-order valence-corrected chi connectivity index (χ4v) is 3.85. The highest BCUT2D eigenvalue weighted by molar-refractivity contribution is 7.80. The van der Waals surface area contributed by atoms with Gasteiger partial charge in [-0.2, -0.15) is 0 Å². The number of aliphatic hydroxyl groups excluding tert-OH is 1. The molecule has 0 amide bonds. The van der Waals surface area contributed by atoms with Crippen LogP contribution >= 0.6 is 24.0 Å². The van der Waals surface area contributed by atoms with E-state index in [0.717, 1.165) is 25.8 Å².